The zero-order valence-corrected chi connectivity index (χ0v) is 19.0. The number of ether oxygens (including phenoxy) is 2. The van der Waals surface area contributed by atoms with Gasteiger partial charge in [-0.15, -0.1) is 0 Å². The van der Waals surface area contributed by atoms with E-state index in [2.05, 4.69) is 28.1 Å². The van der Waals surface area contributed by atoms with Crippen molar-refractivity contribution in [2.45, 2.75) is 19.4 Å². The molecule has 3 aromatic rings. The molecular weight excluding hydrogens is 422 g/mol. The van der Waals surface area contributed by atoms with Crippen molar-refractivity contribution < 1.29 is 14.3 Å². The van der Waals surface area contributed by atoms with Crippen molar-refractivity contribution in [3.8, 4) is 10.9 Å². The molecule has 3 aliphatic rings. The fraction of sp³-hybridized carbons (Fsp3) is 0.440. The Labute approximate surface area is 192 Å². The minimum Gasteiger partial charge on any atom is -0.431 e. The second kappa shape index (κ2) is 9.98. The molecule has 7 heteroatoms. The average molecular weight is 452 g/mol. The first-order valence-corrected chi connectivity index (χ1v) is 12.2. The van der Waals surface area contributed by atoms with E-state index in [1.165, 1.54) is 18.4 Å². The number of hydrogen-bond donors (Lipinski definition) is 0. The maximum absolute atomic E-state index is 10.9. The Hall–Kier alpha value is -2.48. The Morgan fingerprint density at radius 2 is 1.72 bits per heavy atom. The lowest BCUT2D eigenvalue weighted by molar-refractivity contribution is -0.117. The van der Waals surface area contributed by atoms with Gasteiger partial charge in [0.25, 0.3) is 5.19 Å². The van der Waals surface area contributed by atoms with Crippen LogP contribution in [0.25, 0.3) is 10.2 Å². The molecule has 6 nitrogen and oxygen atoms in total. The SMILES string of the molecule is C1CCOC1.O=CN1CC2CN(Cc3ccc(Oc4nc5ccccc5s4)cc3)CC2C1. The summed E-state index contributed by atoms with van der Waals surface area (Å²) in [6.07, 6.45) is 3.55. The Morgan fingerprint density at radius 1 is 1.00 bits per heavy atom. The summed E-state index contributed by atoms with van der Waals surface area (Å²) in [6.45, 7) is 6.95. The van der Waals surface area contributed by atoms with Crippen molar-refractivity contribution in [3.63, 3.8) is 0 Å². The fourth-order valence-corrected chi connectivity index (χ4v) is 5.60. The molecule has 0 radical (unpaired) electrons. The number of aromatic nitrogens is 1. The van der Waals surface area contributed by atoms with Gasteiger partial charge in [0.2, 0.25) is 6.41 Å². The number of para-hydroxylation sites is 1. The third-order valence-corrected chi connectivity index (χ3v) is 7.29. The van der Waals surface area contributed by atoms with E-state index in [9.17, 15) is 4.79 Å². The summed E-state index contributed by atoms with van der Waals surface area (Å²) in [7, 11) is 0. The number of benzene rings is 2. The second-order valence-electron chi connectivity index (χ2n) is 8.79. The zero-order valence-electron chi connectivity index (χ0n) is 18.2. The molecule has 1 aromatic heterocycles. The summed E-state index contributed by atoms with van der Waals surface area (Å²) >= 11 is 1.56. The maximum Gasteiger partial charge on any atom is 0.279 e. The molecule has 0 spiro atoms. The molecule has 6 rings (SSSR count). The van der Waals surface area contributed by atoms with Crippen molar-refractivity contribution in [2.24, 2.45) is 11.8 Å². The first-order chi connectivity index (χ1) is 15.8. The highest BCUT2D eigenvalue weighted by Crippen LogP contribution is 2.33. The van der Waals surface area contributed by atoms with E-state index >= 15 is 0 Å². The molecule has 2 unspecified atom stereocenters. The van der Waals surface area contributed by atoms with E-state index < -0.39 is 0 Å². The third-order valence-electron chi connectivity index (χ3n) is 6.38. The molecule has 3 aliphatic heterocycles. The normalized spacial score (nSPS) is 22.6. The largest absolute Gasteiger partial charge is 0.431 e. The van der Waals surface area contributed by atoms with E-state index in [1.54, 1.807) is 11.3 Å². The molecule has 3 fully saturated rings. The minimum absolute atomic E-state index is 0.636. The van der Waals surface area contributed by atoms with Crippen LogP contribution in [0, 0.1) is 11.8 Å². The molecule has 32 heavy (non-hydrogen) atoms. The van der Waals surface area contributed by atoms with Crippen LogP contribution in [0.15, 0.2) is 48.5 Å². The molecule has 2 atom stereocenters. The quantitative estimate of drug-likeness (QED) is 0.538. The Morgan fingerprint density at radius 3 is 2.34 bits per heavy atom. The van der Waals surface area contributed by atoms with Gasteiger partial charge in [0.1, 0.15) is 5.75 Å². The van der Waals surface area contributed by atoms with Crippen molar-refractivity contribution in [2.75, 3.05) is 39.4 Å². The van der Waals surface area contributed by atoms with Gasteiger partial charge in [-0.2, -0.15) is 0 Å². The van der Waals surface area contributed by atoms with E-state index in [0.29, 0.717) is 17.0 Å². The third kappa shape index (κ3) is 5.11. The lowest BCUT2D eigenvalue weighted by Gasteiger charge is -2.19. The van der Waals surface area contributed by atoms with Crippen molar-refractivity contribution in [1.29, 1.82) is 0 Å². The highest BCUT2D eigenvalue weighted by atomic mass is 32.1. The van der Waals surface area contributed by atoms with Crippen LogP contribution >= 0.6 is 11.3 Å². The molecule has 0 N–H and O–H groups in total. The summed E-state index contributed by atoms with van der Waals surface area (Å²) in [6, 6.07) is 16.4. The summed E-state index contributed by atoms with van der Waals surface area (Å²) < 4.78 is 12.0. The molecule has 3 saturated heterocycles. The number of thiazole rings is 1. The average Bonchev–Trinajstić information content (AvgIpc) is 3.59. The van der Waals surface area contributed by atoms with Crippen LogP contribution in [0.5, 0.6) is 10.9 Å². The topological polar surface area (TPSA) is 54.9 Å². The summed E-state index contributed by atoms with van der Waals surface area (Å²) in [5.41, 5.74) is 2.26. The number of carbonyl (C=O) groups is 1. The van der Waals surface area contributed by atoms with Crippen molar-refractivity contribution in [3.05, 3.63) is 54.1 Å². The van der Waals surface area contributed by atoms with Gasteiger partial charge in [-0.1, -0.05) is 35.6 Å². The second-order valence-corrected chi connectivity index (χ2v) is 9.78. The highest BCUT2D eigenvalue weighted by molar-refractivity contribution is 7.20. The predicted molar refractivity (Wildman–Crippen MR) is 126 cm³/mol. The highest BCUT2D eigenvalue weighted by Gasteiger charge is 2.39. The smallest absolute Gasteiger partial charge is 0.279 e. The Balaban J connectivity index is 0.000000383. The first kappa shape index (κ1) is 21.4. The zero-order chi connectivity index (χ0) is 21.8. The van der Waals surface area contributed by atoms with Crippen LogP contribution in [-0.4, -0.2) is 60.6 Å². The maximum atomic E-state index is 10.9. The van der Waals surface area contributed by atoms with Gasteiger partial charge in [-0.05, 0) is 54.5 Å². The van der Waals surface area contributed by atoms with Gasteiger partial charge in [0.15, 0.2) is 0 Å². The molecule has 0 saturated carbocycles. The number of nitrogens with zero attached hydrogens (tertiary/aromatic N) is 3. The van der Waals surface area contributed by atoms with Crippen molar-refractivity contribution >= 4 is 28.0 Å². The number of hydrogen-bond acceptors (Lipinski definition) is 6. The van der Waals surface area contributed by atoms with Crippen LogP contribution in [0.3, 0.4) is 0 Å². The van der Waals surface area contributed by atoms with Crippen LogP contribution in [0.4, 0.5) is 0 Å². The van der Waals surface area contributed by atoms with E-state index in [0.717, 1.165) is 68.3 Å². The number of fused-ring (bicyclic) bond motifs is 2. The van der Waals surface area contributed by atoms with E-state index in [4.69, 9.17) is 9.47 Å². The van der Waals surface area contributed by atoms with Crippen LogP contribution < -0.4 is 4.74 Å². The van der Waals surface area contributed by atoms with E-state index in [-0.39, 0.29) is 0 Å². The Kier molecular flexibility index (Phi) is 6.67. The fourth-order valence-electron chi connectivity index (χ4n) is 4.77. The molecule has 0 aliphatic carbocycles. The minimum atomic E-state index is 0.636. The number of carbonyl (C=O) groups excluding carboxylic acids is 1. The first-order valence-electron chi connectivity index (χ1n) is 11.4. The van der Waals surface area contributed by atoms with Gasteiger partial charge < -0.3 is 14.4 Å². The van der Waals surface area contributed by atoms with E-state index in [1.807, 2.05) is 35.2 Å². The predicted octanol–water partition coefficient (Wildman–Crippen LogP) is 4.41. The Bertz CT molecular complexity index is 980. The lowest BCUT2D eigenvalue weighted by atomic mass is 10.0. The molecule has 168 valence electrons. The molecule has 2 aromatic carbocycles. The van der Waals surface area contributed by atoms with Gasteiger partial charge in [-0.3, -0.25) is 9.69 Å². The molecule has 1 amide bonds. The van der Waals surface area contributed by atoms with Crippen LogP contribution in [0.2, 0.25) is 0 Å². The summed E-state index contributed by atoms with van der Waals surface area (Å²) in [4.78, 5) is 19.9. The number of amides is 1. The monoisotopic (exact) mass is 451 g/mol. The molecular formula is C25H29N3O3S. The summed E-state index contributed by atoms with van der Waals surface area (Å²) in [5, 5.41) is 0.677. The van der Waals surface area contributed by atoms with Crippen LogP contribution in [-0.2, 0) is 16.1 Å². The number of rotatable bonds is 5. The van der Waals surface area contributed by atoms with Gasteiger partial charge >= 0.3 is 0 Å². The standard InChI is InChI=1S/C21H21N3O2S.C4H8O/c25-14-24-12-16-10-23(11-17(16)13-24)9-15-5-7-18(8-6-15)26-21-22-19-3-1-2-4-20(19)27-21;1-2-4-5-3-1/h1-8,14,16-17H,9-13H2;1-4H2. The molecule has 4 heterocycles. The van der Waals surface area contributed by atoms with Crippen LogP contribution in [0.1, 0.15) is 18.4 Å². The molecule has 0 bridgehead atoms. The van der Waals surface area contributed by atoms with Gasteiger partial charge in [0, 0.05) is 45.9 Å². The van der Waals surface area contributed by atoms with Crippen molar-refractivity contribution in [1.82, 2.24) is 14.8 Å². The lowest BCUT2D eigenvalue weighted by Crippen LogP contribution is -2.27. The summed E-state index contributed by atoms with van der Waals surface area (Å²) in [5.74, 6) is 2.09. The van der Waals surface area contributed by atoms with Gasteiger partial charge in [0.05, 0.1) is 10.2 Å². The number of likely N-dealkylation sites (tertiary alicyclic amines) is 2. The van der Waals surface area contributed by atoms with Gasteiger partial charge in [-0.25, -0.2) is 4.98 Å².